The quantitative estimate of drug-likeness (QED) is 0.283. The van der Waals surface area contributed by atoms with Crippen molar-refractivity contribution in [3.8, 4) is 0 Å². The lowest BCUT2D eigenvalue weighted by atomic mass is 10.2. The maximum atomic E-state index is 4.65. The number of rotatable bonds is 11. The average molecular weight is 406 g/mol. The van der Waals surface area contributed by atoms with Crippen LogP contribution in [-0.2, 0) is 0 Å². The van der Waals surface area contributed by atoms with E-state index in [2.05, 4.69) is 89.1 Å². The molecular weight excluding hydrogens is 370 g/mol. The van der Waals surface area contributed by atoms with E-state index in [1.165, 1.54) is 5.69 Å². The van der Waals surface area contributed by atoms with Gasteiger partial charge in [0.25, 0.3) is 0 Å². The van der Waals surface area contributed by atoms with Crippen molar-refractivity contribution < 1.29 is 0 Å². The van der Waals surface area contributed by atoms with E-state index in [0.29, 0.717) is 0 Å². The highest BCUT2D eigenvalue weighted by Gasteiger charge is 2.03. The number of hydrogen-bond donors (Lipinski definition) is 2. The molecule has 2 N–H and O–H groups in total. The molecule has 0 bridgehead atoms. The third kappa shape index (κ3) is 7.32. The lowest BCUT2D eigenvalue weighted by molar-refractivity contribution is 0.866. The van der Waals surface area contributed by atoms with Crippen LogP contribution in [-0.4, -0.2) is 32.9 Å². The molecule has 0 atom stereocenters. The van der Waals surface area contributed by atoms with Crippen LogP contribution in [0.2, 0.25) is 0 Å². The van der Waals surface area contributed by atoms with Gasteiger partial charge in [0.1, 0.15) is 0 Å². The Hall–Kier alpha value is -3.21. The second kappa shape index (κ2) is 12.4. The van der Waals surface area contributed by atoms with Crippen molar-refractivity contribution in [1.82, 2.24) is 5.32 Å². The Morgan fingerprint density at radius 1 is 0.900 bits per heavy atom. The van der Waals surface area contributed by atoms with Crippen molar-refractivity contribution in [2.45, 2.75) is 27.2 Å². The fraction of sp³-hybridized carbons (Fsp3) is 0.320. The molecule has 0 saturated heterocycles. The topological polar surface area (TPSA) is 42.9 Å². The van der Waals surface area contributed by atoms with Crippen LogP contribution in [0.25, 0.3) is 0 Å². The van der Waals surface area contributed by atoms with Gasteiger partial charge in [-0.1, -0.05) is 12.2 Å². The van der Waals surface area contributed by atoms with Crippen LogP contribution in [0.4, 0.5) is 22.7 Å². The first-order valence-electron chi connectivity index (χ1n) is 10.6. The number of hydrazone groups is 1. The van der Waals surface area contributed by atoms with Gasteiger partial charge < -0.3 is 15.5 Å². The number of nitrogens with zero attached hydrogens (tertiary/aromatic N) is 3. The van der Waals surface area contributed by atoms with Gasteiger partial charge in [-0.25, -0.2) is 0 Å². The molecule has 0 aromatic heterocycles. The van der Waals surface area contributed by atoms with Crippen molar-refractivity contribution in [3.05, 3.63) is 73.0 Å². The SMILES string of the molecule is CCN(CC)c1ccc(Nc2ccc(N(C)/N=C(\C)C/C=C\C=C/NC)cc2)cc1. The van der Waals surface area contributed by atoms with Gasteiger partial charge in [-0.3, -0.25) is 5.01 Å². The van der Waals surface area contributed by atoms with Gasteiger partial charge >= 0.3 is 0 Å². The summed E-state index contributed by atoms with van der Waals surface area (Å²) in [7, 11) is 3.86. The zero-order valence-corrected chi connectivity index (χ0v) is 18.9. The summed E-state index contributed by atoms with van der Waals surface area (Å²) < 4.78 is 0. The van der Waals surface area contributed by atoms with E-state index in [1.807, 2.05) is 44.4 Å². The molecule has 2 aromatic rings. The van der Waals surface area contributed by atoms with Crippen LogP contribution in [0, 0.1) is 0 Å². The Bertz CT molecular complexity index is 831. The van der Waals surface area contributed by atoms with Gasteiger partial charge in [0.2, 0.25) is 0 Å². The van der Waals surface area contributed by atoms with E-state index < -0.39 is 0 Å². The average Bonchev–Trinajstić information content (AvgIpc) is 2.76. The van der Waals surface area contributed by atoms with Crippen molar-refractivity contribution >= 4 is 28.5 Å². The third-order valence-corrected chi connectivity index (χ3v) is 4.77. The first-order chi connectivity index (χ1) is 14.6. The first kappa shape index (κ1) is 23.1. The molecule has 5 heteroatoms. The Morgan fingerprint density at radius 2 is 1.47 bits per heavy atom. The molecule has 0 aliphatic heterocycles. The Morgan fingerprint density at radius 3 is 2.00 bits per heavy atom. The maximum absolute atomic E-state index is 4.65. The van der Waals surface area contributed by atoms with Crippen LogP contribution >= 0.6 is 0 Å². The van der Waals surface area contributed by atoms with E-state index >= 15 is 0 Å². The summed E-state index contributed by atoms with van der Waals surface area (Å²) in [6, 6.07) is 16.9. The van der Waals surface area contributed by atoms with E-state index in [9.17, 15) is 0 Å². The molecule has 0 heterocycles. The highest BCUT2D eigenvalue weighted by molar-refractivity contribution is 5.84. The summed E-state index contributed by atoms with van der Waals surface area (Å²) in [6.07, 6.45) is 8.80. The van der Waals surface area contributed by atoms with Gasteiger partial charge in [0.05, 0.1) is 5.69 Å². The van der Waals surface area contributed by atoms with E-state index in [0.717, 1.165) is 42.3 Å². The highest BCUT2D eigenvalue weighted by atomic mass is 15.4. The highest BCUT2D eigenvalue weighted by Crippen LogP contribution is 2.23. The lowest BCUT2D eigenvalue weighted by Crippen LogP contribution is -2.21. The number of allylic oxidation sites excluding steroid dienone is 3. The zero-order chi connectivity index (χ0) is 21.8. The standard InChI is InChI=1S/C25H35N5/c1-6-30(7-2)25-18-14-23(15-19-25)27-22-12-16-24(17-13-22)29(5)28-21(3)11-9-8-10-20-26-4/h8-10,12-20,26-27H,6-7,11H2,1-5H3/b9-8-,20-10-,28-21+. The third-order valence-electron chi connectivity index (χ3n) is 4.77. The molecule has 0 unspecified atom stereocenters. The molecular formula is C25H35N5. The van der Waals surface area contributed by atoms with Crippen LogP contribution in [0.15, 0.2) is 78.1 Å². The van der Waals surface area contributed by atoms with Crippen LogP contribution in [0.3, 0.4) is 0 Å². The predicted molar refractivity (Wildman–Crippen MR) is 133 cm³/mol. The lowest BCUT2D eigenvalue weighted by Gasteiger charge is -2.21. The van der Waals surface area contributed by atoms with Gasteiger partial charge in [-0.15, -0.1) is 0 Å². The van der Waals surface area contributed by atoms with E-state index in [4.69, 9.17) is 0 Å². The molecule has 2 aromatic carbocycles. The van der Waals surface area contributed by atoms with Crippen LogP contribution < -0.4 is 20.5 Å². The second-order valence-corrected chi connectivity index (χ2v) is 7.03. The van der Waals surface area contributed by atoms with E-state index in [1.54, 1.807) is 0 Å². The molecule has 0 aliphatic rings. The fourth-order valence-corrected chi connectivity index (χ4v) is 3.10. The number of anilines is 4. The predicted octanol–water partition coefficient (Wildman–Crippen LogP) is 5.77. The molecule has 5 nitrogen and oxygen atoms in total. The molecule has 0 amide bonds. The van der Waals surface area contributed by atoms with Crippen molar-refractivity contribution in [2.75, 3.05) is 42.4 Å². The van der Waals surface area contributed by atoms with Crippen LogP contribution in [0.1, 0.15) is 27.2 Å². The summed E-state index contributed by atoms with van der Waals surface area (Å²) >= 11 is 0. The minimum atomic E-state index is 0.821. The van der Waals surface area contributed by atoms with Gasteiger partial charge in [0.15, 0.2) is 0 Å². The van der Waals surface area contributed by atoms with Crippen LogP contribution in [0.5, 0.6) is 0 Å². The summed E-state index contributed by atoms with van der Waals surface area (Å²) in [6.45, 7) is 8.44. The Labute approximate surface area is 181 Å². The largest absolute Gasteiger partial charge is 0.394 e. The molecule has 160 valence electrons. The van der Waals surface area contributed by atoms with Crippen molar-refractivity contribution in [2.24, 2.45) is 5.10 Å². The molecule has 0 radical (unpaired) electrons. The second-order valence-electron chi connectivity index (χ2n) is 7.03. The first-order valence-corrected chi connectivity index (χ1v) is 10.6. The summed E-state index contributed by atoms with van der Waals surface area (Å²) in [5.74, 6) is 0. The molecule has 0 saturated carbocycles. The minimum absolute atomic E-state index is 0.821. The van der Waals surface area contributed by atoms with Gasteiger partial charge in [0, 0.05) is 56.4 Å². The smallest absolute Gasteiger partial charge is 0.0592 e. The zero-order valence-electron chi connectivity index (χ0n) is 18.9. The monoisotopic (exact) mass is 405 g/mol. The minimum Gasteiger partial charge on any atom is -0.394 e. The maximum Gasteiger partial charge on any atom is 0.0592 e. The molecule has 0 aliphatic carbocycles. The van der Waals surface area contributed by atoms with E-state index in [-0.39, 0.29) is 0 Å². The van der Waals surface area contributed by atoms with Crippen molar-refractivity contribution in [3.63, 3.8) is 0 Å². The molecule has 0 fully saturated rings. The number of hydrogen-bond acceptors (Lipinski definition) is 5. The summed E-state index contributed by atoms with van der Waals surface area (Å²) in [5.41, 5.74) is 5.50. The Balaban J connectivity index is 1.94. The Kier molecular flexibility index (Phi) is 9.52. The van der Waals surface area contributed by atoms with Crippen molar-refractivity contribution in [1.29, 1.82) is 0 Å². The summed E-state index contributed by atoms with van der Waals surface area (Å²) in [5, 5.41) is 13.0. The van der Waals surface area contributed by atoms with Gasteiger partial charge in [-0.2, -0.15) is 5.10 Å². The molecule has 0 spiro atoms. The number of benzene rings is 2. The molecule has 30 heavy (non-hydrogen) atoms. The molecule has 2 rings (SSSR count). The summed E-state index contributed by atoms with van der Waals surface area (Å²) in [4.78, 5) is 2.34. The number of nitrogens with one attached hydrogen (secondary N) is 2. The van der Waals surface area contributed by atoms with Gasteiger partial charge in [-0.05, 0) is 81.6 Å². The normalized spacial score (nSPS) is 11.8. The fourth-order valence-electron chi connectivity index (χ4n) is 3.10.